The standard InChI is InChI=1S/C19H15ClN4O/c20-13-7-5-12(6-8-13)18-14-11-24(10-9-15(14)22-23-18)19-21-16-3-1-2-4-17(16)25-19/h1-8H,9-11H2,(H,22,23). The number of fused-ring (bicyclic) bond motifs is 2. The molecule has 25 heavy (non-hydrogen) atoms. The van der Waals surface area contributed by atoms with Crippen LogP contribution in [0.4, 0.5) is 6.01 Å². The topological polar surface area (TPSA) is 58.0 Å². The summed E-state index contributed by atoms with van der Waals surface area (Å²) in [4.78, 5) is 6.78. The van der Waals surface area contributed by atoms with Crippen molar-refractivity contribution in [3.05, 3.63) is 64.8 Å². The molecule has 0 amide bonds. The van der Waals surface area contributed by atoms with Crippen LogP contribution in [0.5, 0.6) is 0 Å². The number of rotatable bonds is 2. The first-order chi connectivity index (χ1) is 12.3. The number of nitrogens with zero attached hydrogens (tertiary/aromatic N) is 3. The van der Waals surface area contributed by atoms with E-state index in [4.69, 9.17) is 16.0 Å². The Morgan fingerprint density at radius 3 is 2.76 bits per heavy atom. The van der Waals surface area contributed by atoms with Crippen LogP contribution < -0.4 is 4.90 Å². The minimum absolute atomic E-state index is 0.662. The molecule has 0 saturated heterocycles. The highest BCUT2D eigenvalue weighted by Gasteiger charge is 2.25. The van der Waals surface area contributed by atoms with Gasteiger partial charge in [-0.15, -0.1) is 0 Å². The molecule has 2 aromatic heterocycles. The van der Waals surface area contributed by atoms with Gasteiger partial charge in [-0.3, -0.25) is 5.10 Å². The molecular formula is C19H15ClN4O. The van der Waals surface area contributed by atoms with E-state index in [0.29, 0.717) is 6.01 Å². The van der Waals surface area contributed by atoms with Gasteiger partial charge in [-0.05, 0) is 24.3 Å². The molecule has 3 heterocycles. The van der Waals surface area contributed by atoms with Crippen molar-refractivity contribution in [1.82, 2.24) is 15.2 Å². The van der Waals surface area contributed by atoms with Gasteiger partial charge in [0.2, 0.25) is 0 Å². The molecule has 0 saturated carbocycles. The summed E-state index contributed by atoms with van der Waals surface area (Å²) in [7, 11) is 0. The maximum absolute atomic E-state index is 6.00. The summed E-state index contributed by atoms with van der Waals surface area (Å²) < 4.78 is 5.93. The zero-order valence-electron chi connectivity index (χ0n) is 13.4. The van der Waals surface area contributed by atoms with Crippen LogP contribution in [0.2, 0.25) is 5.02 Å². The van der Waals surface area contributed by atoms with E-state index in [1.54, 1.807) is 0 Å². The van der Waals surface area contributed by atoms with Crippen molar-refractivity contribution in [3.8, 4) is 11.3 Å². The Kier molecular flexibility index (Phi) is 3.28. The number of H-pyrrole nitrogens is 1. The summed E-state index contributed by atoms with van der Waals surface area (Å²) in [5, 5.41) is 8.42. The van der Waals surface area contributed by atoms with E-state index >= 15 is 0 Å². The summed E-state index contributed by atoms with van der Waals surface area (Å²) in [6, 6.07) is 16.3. The molecule has 6 heteroatoms. The molecular weight excluding hydrogens is 336 g/mol. The van der Waals surface area contributed by atoms with E-state index in [9.17, 15) is 0 Å². The van der Waals surface area contributed by atoms with Crippen molar-refractivity contribution in [2.24, 2.45) is 0 Å². The average Bonchev–Trinajstić information content (AvgIpc) is 3.26. The lowest BCUT2D eigenvalue weighted by Crippen LogP contribution is -2.30. The summed E-state index contributed by atoms with van der Waals surface area (Å²) in [5.41, 5.74) is 6.09. The van der Waals surface area contributed by atoms with E-state index in [-0.39, 0.29) is 0 Å². The molecule has 0 atom stereocenters. The van der Waals surface area contributed by atoms with Crippen LogP contribution in [0, 0.1) is 0 Å². The van der Waals surface area contributed by atoms with Crippen LogP contribution in [0.25, 0.3) is 22.4 Å². The average molecular weight is 351 g/mol. The molecule has 1 N–H and O–H groups in total. The van der Waals surface area contributed by atoms with Gasteiger partial charge >= 0.3 is 0 Å². The van der Waals surface area contributed by atoms with E-state index < -0.39 is 0 Å². The molecule has 2 aromatic carbocycles. The van der Waals surface area contributed by atoms with Crippen LogP contribution in [-0.4, -0.2) is 21.7 Å². The monoisotopic (exact) mass is 350 g/mol. The van der Waals surface area contributed by atoms with Crippen molar-refractivity contribution in [3.63, 3.8) is 0 Å². The second-order valence-electron chi connectivity index (χ2n) is 6.17. The smallest absolute Gasteiger partial charge is 0.298 e. The maximum atomic E-state index is 6.00. The molecule has 124 valence electrons. The Balaban J connectivity index is 1.51. The zero-order valence-corrected chi connectivity index (χ0v) is 14.1. The Hall–Kier alpha value is -2.79. The lowest BCUT2D eigenvalue weighted by atomic mass is 10.0. The van der Waals surface area contributed by atoms with Gasteiger partial charge in [0, 0.05) is 34.8 Å². The van der Waals surface area contributed by atoms with Gasteiger partial charge in [0.15, 0.2) is 5.58 Å². The molecule has 5 nitrogen and oxygen atoms in total. The Bertz CT molecular complexity index is 1020. The van der Waals surface area contributed by atoms with Crippen molar-refractivity contribution in [1.29, 1.82) is 0 Å². The Labute approximate surface area is 149 Å². The zero-order chi connectivity index (χ0) is 16.8. The summed E-state index contributed by atoms with van der Waals surface area (Å²) in [5.74, 6) is 0. The van der Waals surface area contributed by atoms with Crippen LogP contribution >= 0.6 is 11.6 Å². The predicted octanol–water partition coefficient (Wildman–Crippen LogP) is 4.43. The summed E-state index contributed by atoms with van der Waals surface area (Å²) in [6.07, 6.45) is 0.884. The van der Waals surface area contributed by atoms with E-state index in [2.05, 4.69) is 20.1 Å². The third kappa shape index (κ3) is 2.48. The van der Waals surface area contributed by atoms with Gasteiger partial charge in [-0.25, -0.2) is 0 Å². The van der Waals surface area contributed by atoms with Gasteiger partial charge in [-0.2, -0.15) is 10.1 Å². The molecule has 0 spiro atoms. The van der Waals surface area contributed by atoms with Gasteiger partial charge in [0.05, 0.1) is 12.2 Å². The Morgan fingerprint density at radius 2 is 1.92 bits per heavy atom. The molecule has 4 aromatic rings. The fraction of sp³-hybridized carbons (Fsp3) is 0.158. The molecule has 1 aliphatic rings. The molecule has 0 unspecified atom stereocenters. The first-order valence-corrected chi connectivity index (χ1v) is 8.58. The van der Waals surface area contributed by atoms with E-state index in [1.807, 2.05) is 48.5 Å². The fourth-order valence-electron chi connectivity index (χ4n) is 3.30. The minimum atomic E-state index is 0.662. The van der Waals surface area contributed by atoms with E-state index in [0.717, 1.165) is 46.9 Å². The molecule has 0 radical (unpaired) electrons. The lowest BCUT2D eigenvalue weighted by Gasteiger charge is -2.25. The summed E-state index contributed by atoms with van der Waals surface area (Å²) in [6.45, 7) is 1.57. The highest BCUT2D eigenvalue weighted by molar-refractivity contribution is 6.30. The molecule has 0 aliphatic carbocycles. The van der Waals surface area contributed by atoms with Crippen LogP contribution in [-0.2, 0) is 13.0 Å². The van der Waals surface area contributed by atoms with Crippen molar-refractivity contribution < 1.29 is 4.42 Å². The van der Waals surface area contributed by atoms with Gasteiger partial charge in [-0.1, -0.05) is 35.9 Å². The number of aromatic nitrogens is 3. The number of halogens is 1. The number of hydrogen-bond acceptors (Lipinski definition) is 4. The van der Waals surface area contributed by atoms with Gasteiger partial charge in [0.25, 0.3) is 6.01 Å². The van der Waals surface area contributed by atoms with E-state index in [1.165, 1.54) is 11.3 Å². The fourth-order valence-corrected chi connectivity index (χ4v) is 3.43. The second-order valence-corrected chi connectivity index (χ2v) is 6.61. The molecule has 0 bridgehead atoms. The number of anilines is 1. The van der Waals surface area contributed by atoms with Crippen molar-refractivity contribution in [2.45, 2.75) is 13.0 Å². The first kappa shape index (κ1) is 14.5. The Morgan fingerprint density at radius 1 is 1.08 bits per heavy atom. The number of para-hydroxylation sites is 2. The summed E-state index contributed by atoms with van der Waals surface area (Å²) >= 11 is 6.00. The lowest BCUT2D eigenvalue weighted by molar-refractivity contribution is 0.553. The second kappa shape index (κ2) is 5.63. The quantitative estimate of drug-likeness (QED) is 0.581. The van der Waals surface area contributed by atoms with Crippen LogP contribution in [0.1, 0.15) is 11.3 Å². The number of aromatic amines is 1. The van der Waals surface area contributed by atoms with Crippen LogP contribution in [0.3, 0.4) is 0 Å². The molecule has 5 rings (SSSR count). The largest absolute Gasteiger partial charge is 0.423 e. The van der Waals surface area contributed by atoms with Gasteiger partial charge < -0.3 is 9.32 Å². The normalized spacial score (nSPS) is 14.0. The maximum Gasteiger partial charge on any atom is 0.298 e. The van der Waals surface area contributed by atoms with Crippen molar-refractivity contribution in [2.75, 3.05) is 11.4 Å². The number of benzene rings is 2. The van der Waals surface area contributed by atoms with Crippen molar-refractivity contribution >= 4 is 28.7 Å². The number of nitrogens with one attached hydrogen (secondary N) is 1. The minimum Gasteiger partial charge on any atom is -0.423 e. The van der Waals surface area contributed by atoms with Crippen LogP contribution in [0.15, 0.2) is 52.9 Å². The first-order valence-electron chi connectivity index (χ1n) is 8.20. The molecule has 1 aliphatic heterocycles. The highest BCUT2D eigenvalue weighted by Crippen LogP contribution is 2.32. The number of oxazole rings is 1. The highest BCUT2D eigenvalue weighted by atomic mass is 35.5. The third-order valence-electron chi connectivity index (χ3n) is 4.60. The molecule has 0 fully saturated rings. The SMILES string of the molecule is Clc1ccc(-c2n[nH]c3c2CN(c2nc4ccccc4o2)CC3)cc1. The number of hydrogen-bond donors (Lipinski definition) is 1. The predicted molar refractivity (Wildman–Crippen MR) is 97.8 cm³/mol. The third-order valence-corrected chi connectivity index (χ3v) is 4.86. The van der Waals surface area contributed by atoms with Gasteiger partial charge in [0.1, 0.15) is 5.52 Å².